The zero-order valence-electron chi connectivity index (χ0n) is 11.0. The van der Waals surface area contributed by atoms with Crippen molar-refractivity contribution < 1.29 is 9.52 Å². The van der Waals surface area contributed by atoms with Gasteiger partial charge < -0.3 is 14.1 Å². The van der Waals surface area contributed by atoms with Crippen LogP contribution in [-0.4, -0.2) is 14.7 Å². The van der Waals surface area contributed by atoms with Crippen molar-refractivity contribution in [3.8, 4) is 0 Å². The van der Waals surface area contributed by atoms with Gasteiger partial charge in [0.1, 0.15) is 5.82 Å². The number of hydrogen-bond acceptors (Lipinski definition) is 3. The first-order valence-corrected chi connectivity index (χ1v) is 6.23. The number of aliphatic hydroxyl groups is 1. The lowest BCUT2D eigenvalue weighted by Crippen LogP contribution is -2.25. The molecule has 0 saturated carbocycles. The van der Waals surface area contributed by atoms with Gasteiger partial charge in [-0.2, -0.15) is 0 Å². The predicted molar refractivity (Wildman–Crippen MR) is 72.7 cm³/mol. The number of fused-ring (bicyclic) bond motifs is 1. The zero-order chi connectivity index (χ0) is 13.5. The fourth-order valence-corrected chi connectivity index (χ4v) is 2.33. The van der Waals surface area contributed by atoms with Crippen LogP contribution in [0.4, 0.5) is 0 Å². The van der Waals surface area contributed by atoms with E-state index in [0.29, 0.717) is 6.42 Å². The molecule has 98 valence electrons. The number of aromatic nitrogens is 2. The van der Waals surface area contributed by atoms with Crippen molar-refractivity contribution in [2.75, 3.05) is 0 Å². The van der Waals surface area contributed by atoms with E-state index in [-0.39, 0.29) is 0 Å². The molecule has 0 bridgehead atoms. The van der Waals surface area contributed by atoms with Crippen molar-refractivity contribution in [3.05, 3.63) is 54.2 Å². The maximum Gasteiger partial charge on any atom is 0.112 e. The maximum atomic E-state index is 10.6. The fraction of sp³-hybridized carbons (Fsp3) is 0.267. The third-order valence-corrected chi connectivity index (χ3v) is 3.53. The Hall–Kier alpha value is -2.07. The molecule has 0 aliphatic carbocycles. The molecule has 1 atom stereocenters. The van der Waals surface area contributed by atoms with Crippen LogP contribution >= 0.6 is 0 Å². The number of para-hydroxylation sites is 2. The van der Waals surface area contributed by atoms with Gasteiger partial charge in [0, 0.05) is 19.0 Å². The highest BCUT2D eigenvalue weighted by molar-refractivity contribution is 5.75. The van der Waals surface area contributed by atoms with Crippen molar-refractivity contribution in [2.24, 2.45) is 7.05 Å². The van der Waals surface area contributed by atoms with Crippen LogP contribution in [0.15, 0.2) is 47.3 Å². The minimum absolute atomic E-state index is 0.442. The molecule has 0 amide bonds. The van der Waals surface area contributed by atoms with E-state index in [4.69, 9.17) is 4.42 Å². The van der Waals surface area contributed by atoms with Crippen LogP contribution in [0.1, 0.15) is 18.3 Å². The molecule has 2 aromatic heterocycles. The van der Waals surface area contributed by atoms with Gasteiger partial charge in [-0.1, -0.05) is 12.1 Å². The van der Waals surface area contributed by atoms with Gasteiger partial charge in [-0.15, -0.1) is 0 Å². The Labute approximate surface area is 111 Å². The van der Waals surface area contributed by atoms with E-state index in [9.17, 15) is 5.11 Å². The van der Waals surface area contributed by atoms with Gasteiger partial charge in [0.25, 0.3) is 0 Å². The lowest BCUT2D eigenvalue weighted by molar-refractivity contribution is 0.0543. The molecule has 4 nitrogen and oxygen atoms in total. The second-order valence-corrected chi connectivity index (χ2v) is 5.04. The Bertz CT molecular complexity index is 696. The number of furan rings is 1. The molecule has 3 rings (SSSR count). The number of nitrogens with zero attached hydrogens (tertiary/aromatic N) is 2. The minimum atomic E-state index is -0.984. The normalized spacial score (nSPS) is 14.7. The van der Waals surface area contributed by atoms with Gasteiger partial charge in [0.15, 0.2) is 0 Å². The molecular formula is C15H16N2O2. The first-order valence-electron chi connectivity index (χ1n) is 6.23. The highest BCUT2D eigenvalue weighted by Gasteiger charge is 2.27. The summed E-state index contributed by atoms with van der Waals surface area (Å²) in [6.07, 6.45) is 3.58. The molecule has 1 N–H and O–H groups in total. The monoisotopic (exact) mass is 256 g/mol. The summed E-state index contributed by atoms with van der Waals surface area (Å²) in [6.45, 7) is 1.78. The minimum Gasteiger partial charge on any atom is -0.472 e. The summed E-state index contributed by atoms with van der Waals surface area (Å²) in [5, 5.41) is 10.6. The molecule has 0 aliphatic rings. The van der Waals surface area contributed by atoms with E-state index in [2.05, 4.69) is 4.98 Å². The standard InChI is InChI=1S/C15H16N2O2/c1-15(18,11-7-8-19-10-11)9-14-16-12-5-3-4-6-13(12)17(14)2/h3-8,10,18H,9H2,1-2H3. The first kappa shape index (κ1) is 12.0. The lowest BCUT2D eigenvalue weighted by atomic mass is 9.95. The summed E-state index contributed by atoms with van der Waals surface area (Å²) in [7, 11) is 1.97. The third-order valence-electron chi connectivity index (χ3n) is 3.53. The molecule has 1 aromatic carbocycles. The zero-order valence-corrected chi connectivity index (χ0v) is 11.0. The van der Waals surface area contributed by atoms with Crippen molar-refractivity contribution in [2.45, 2.75) is 18.9 Å². The molecule has 0 aliphatic heterocycles. The summed E-state index contributed by atoms with van der Waals surface area (Å²) < 4.78 is 7.06. The van der Waals surface area contributed by atoms with Gasteiger partial charge in [-0.25, -0.2) is 4.98 Å². The van der Waals surface area contributed by atoms with Crippen LogP contribution in [0.25, 0.3) is 11.0 Å². The number of hydrogen-bond donors (Lipinski definition) is 1. The molecule has 19 heavy (non-hydrogen) atoms. The molecule has 0 spiro atoms. The largest absolute Gasteiger partial charge is 0.472 e. The Morgan fingerprint density at radius 3 is 2.79 bits per heavy atom. The number of rotatable bonds is 3. The van der Waals surface area contributed by atoms with Crippen LogP contribution in [0.5, 0.6) is 0 Å². The Kier molecular flexibility index (Phi) is 2.68. The molecular weight excluding hydrogens is 240 g/mol. The highest BCUT2D eigenvalue weighted by atomic mass is 16.3. The second-order valence-electron chi connectivity index (χ2n) is 5.04. The number of benzene rings is 1. The van der Waals surface area contributed by atoms with E-state index in [1.807, 2.05) is 35.9 Å². The van der Waals surface area contributed by atoms with Crippen molar-refractivity contribution >= 4 is 11.0 Å². The van der Waals surface area contributed by atoms with Crippen molar-refractivity contribution in [1.29, 1.82) is 0 Å². The number of aryl methyl sites for hydroxylation is 1. The Balaban J connectivity index is 2.00. The molecule has 1 unspecified atom stereocenters. The maximum absolute atomic E-state index is 10.6. The summed E-state index contributed by atoms with van der Waals surface area (Å²) >= 11 is 0. The molecule has 0 saturated heterocycles. The summed E-state index contributed by atoms with van der Waals surface area (Å²) in [5.74, 6) is 0.854. The topological polar surface area (TPSA) is 51.2 Å². The second kappa shape index (κ2) is 4.24. The van der Waals surface area contributed by atoms with E-state index >= 15 is 0 Å². The molecule has 3 aromatic rings. The van der Waals surface area contributed by atoms with Gasteiger partial charge in [-0.3, -0.25) is 0 Å². The van der Waals surface area contributed by atoms with Gasteiger partial charge in [0.05, 0.1) is 29.2 Å². The fourth-order valence-electron chi connectivity index (χ4n) is 2.33. The SMILES string of the molecule is Cn1c(CC(C)(O)c2ccoc2)nc2ccccc21. The Morgan fingerprint density at radius 1 is 1.32 bits per heavy atom. The van der Waals surface area contributed by atoms with Crippen molar-refractivity contribution in [3.63, 3.8) is 0 Å². The van der Waals surface area contributed by atoms with Gasteiger partial charge in [0.2, 0.25) is 0 Å². The van der Waals surface area contributed by atoms with Crippen LogP contribution in [0.3, 0.4) is 0 Å². The summed E-state index contributed by atoms with van der Waals surface area (Å²) in [6, 6.07) is 9.74. The smallest absolute Gasteiger partial charge is 0.112 e. The molecule has 4 heteroatoms. The van der Waals surface area contributed by atoms with Gasteiger partial charge in [-0.05, 0) is 25.1 Å². The average Bonchev–Trinajstić information content (AvgIpc) is 3.00. The lowest BCUT2D eigenvalue weighted by Gasteiger charge is -2.21. The van der Waals surface area contributed by atoms with E-state index in [1.165, 1.54) is 0 Å². The molecule has 0 radical (unpaired) electrons. The van der Waals surface area contributed by atoms with Crippen LogP contribution in [0, 0.1) is 0 Å². The number of imidazole rings is 1. The first-order chi connectivity index (χ1) is 9.08. The van der Waals surface area contributed by atoms with Crippen LogP contribution in [-0.2, 0) is 19.1 Å². The van der Waals surface area contributed by atoms with Crippen molar-refractivity contribution in [1.82, 2.24) is 9.55 Å². The summed E-state index contributed by atoms with van der Waals surface area (Å²) in [5.41, 5.74) is 1.80. The van der Waals surface area contributed by atoms with E-state index < -0.39 is 5.60 Å². The Morgan fingerprint density at radius 2 is 2.11 bits per heavy atom. The molecule has 2 heterocycles. The molecule has 0 fully saturated rings. The highest BCUT2D eigenvalue weighted by Crippen LogP contribution is 2.26. The average molecular weight is 256 g/mol. The predicted octanol–water partition coefficient (Wildman–Crippen LogP) is 2.62. The van der Waals surface area contributed by atoms with E-state index in [1.54, 1.807) is 25.5 Å². The van der Waals surface area contributed by atoms with E-state index in [0.717, 1.165) is 22.4 Å². The summed E-state index contributed by atoms with van der Waals surface area (Å²) in [4.78, 5) is 4.58. The van der Waals surface area contributed by atoms with Crippen LogP contribution in [0.2, 0.25) is 0 Å². The van der Waals surface area contributed by atoms with Gasteiger partial charge >= 0.3 is 0 Å². The quantitative estimate of drug-likeness (QED) is 0.783. The van der Waals surface area contributed by atoms with Crippen LogP contribution < -0.4 is 0 Å². The third kappa shape index (κ3) is 2.04.